The maximum absolute atomic E-state index is 12.2. The van der Waals surface area contributed by atoms with Crippen molar-refractivity contribution in [3.05, 3.63) is 11.7 Å². The summed E-state index contributed by atoms with van der Waals surface area (Å²) in [5.41, 5.74) is 5.32. The van der Waals surface area contributed by atoms with Crippen molar-refractivity contribution in [2.24, 2.45) is 11.7 Å². The molecule has 1 atom stereocenters. The van der Waals surface area contributed by atoms with Gasteiger partial charge in [-0.3, -0.25) is 9.59 Å². The highest BCUT2D eigenvalue weighted by atomic mass is 16.5. The normalized spacial score (nSPS) is 18.7. The molecule has 1 aromatic rings. The summed E-state index contributed by atoms with van der Waals surface area (Å²) in [6.07, 6.45) is 4.08. The van der Waals surface area contributed by atoms with Gasteiger partial charge in [-0.1, -0.05) is 12.1 Å². The van der Waals surface area contributed by atoms with Crippen molar-refractivity contribution in [1.82, 2.24) is 15.0 Å². The Morgan fingerprint density at radius 2 is 2.24 bits per heavy atom. The molecule has 0 aliphatic carbocycles. The van der Waals surface area contributed by atoms with Crippen molar-refractivity contribution in [3.63, 3.8) is 0 Å². The minimum atomic E-state index is -0.325. The summed E-state index contributed by atoms with van der Waals surface area (Å²) in [4.78, 5) is 29.3. The number of likely N-dealkylation sites (tertiary alicyclic amines) is 1. The molecule has 0 saturated carbocycles. The first-order valence-corrected chi connectivity index (χ1v) is 7.48. The van der Waals surface area contributed by atoms with Crippen molar-refractivity contribution in [2.45, 2.75) is 45.4 Å². The highest BCUT2D eigenvalue weighted by molar-refractivity contribution is 5.80. The Morgan fingerprint density at radius 3 is 2.95 bits per heavy atom. The lowest BCUT2D eigenvalue weighted by atomic mass is 9.97. The average molecular weight is 294 g/mol. The molecule has 1 aliphatic rings. The van der Waals surface area contributed by atoms with Crippen molar-refractivity contribution >= 4 is 11.8 Å². The van der Waals surface area contributed by atoms with E-state index in [0.717, 1.165) is 25.7 Å². The predicted octanol–water partition coefficient (Wildman–Crippen LogP) is 0.679. The number of aryl methyl sites for hydroxylation is 2. The van der Waals surface area contributed by atoms with E-state index < -0.39 is 0 Å². The monoisotopic (exact) mass is 294 g/mol. The number of hydrogen-bond acceptors (Lipinski definition) is 5. The molecule has 7 nitrogen and oxygen atoms in total. The Bertz CT molecular complexity index is 500. The lowest BCUT2D eigenvalue weighted by Crippen LogP contribution is -2.44. The van der Waals surface area contributed by atoms with E-state index in [9.17, 15) is 9.59 Å². The lowest BCUT2D eigenvalue weighted by molar-refractivity contribution is -0.135. The number of carbonyl (C=O) groups is 2. The molecule has 1 saturated heterocycles. The first-order valence-electron chi connectivity index (χ1n) is 7.48. The van der Waals surface area contributed by atoms with Crippen molar-refractivity contribution in [1.29, 1.82) is 0 Å². The molecule has 116 valence electrons. The minimum Gasteiger partial charge on any atom is -0.369 e. The molecule has 2 heterocycles. The van der Waals surface area contributed by atoms with Gasteiger partial charge in [0.25, 0.3) is 0 Å². The zero-order valence-electron chi connectivity index (χ0n) is 12.4. The molecular weight excluding hydrogens is 272 g/mol. The second-order valence-electron chi connectivity index (χ2n) is 5.44. The van der Waals surface area contributed by atoms with Crippen LogP contribution in [0.4, 0.5) is 0 Å². The molecular formula is C14H22N4O3. The quantitative estimate of drug-likeness (QED) is 0.831. The molecule has 1 aromatic heterocycles. The standard InChI is InChI=1S/C14H22N4O3/c1-2-4-11-16-12(21-17-11)6-7-13(19)18-8-3-5-10(9-18)14(15)20/h10H,2-9H2,1H3,(H2,15,20)/t10-/m1/s1. The minimum absolute atomic E-state index is 0.0104. The third kappa shape index (κ3) is 4.27. The number of nitrogens with two attached hydrogens (primary N) is 1. The van der Waals surface area contributed by atoms with E-state index in [1.54, 1.807) is 4.90 Å². The number of rotatable bonds is 6. The Hall–Kier alpha value is -1.92. The van der Waals surface area contributed by atoms with Gasteiger partial charge in [0.05, 0.1) is 5.92 Å². The van der Waals surface area contributed by atoms with Crippen LogP contribution in [0, 0.1) is 5.92 Å². The maximum Gasteiger partial charge on any atom is 0.227 e. The third-order valence-corrected chi connectivity index (χ3v) is 3.71. The van der Waals surface area contributed by atoms with Gasteiger partial charge < -0.3 is 15.2 Å². The fourth-order valence-corrected chi connectivity index (χ4v) is 2.52. The maximum atomic E-state index is 12.2. The van der Waals surface area contributed by atoms with Gasteiger partial charge in [0.1, 0.15) is 0 Å². The van der Waals surface area contributed by atoms with Crippen LogP contribution in [0.15, 0.2) is 4.52 Å². The number of piperidine rings is 1. The Kier molecular flexibility index (Phi) is 5.30. The molecule has 7 heteroatoms. The molecule has 1 fully saturated rings. The van der Waals surface area contributed by atoms with Crippen LogP contribution in [0.5, 0.6) is 0 Å². The number of nitrogens with zero attached hydrogens (tertiary/aromatic N) is 3. The first kappa shape index (κ1) is 15.5. The van der Waals surface area contributed by atoms with E-state index in [1.807, 2.05) is 6.92 Å². The van der Waals surface area contributed by atoms with Gasteiger partial charge in [-0.2, -0.15) is 4.98 Å². The summed E-state index contributed by atoms with van der Waals surface area (Å²) < 4.78 is 5.11. The van der Waals surface area contributed by atoms with Crippen LogP contribution in [0.3, 0.4) is 0 Å². The zero-order chi connectivity index (χ0) is 15.2. The van der Waals surface area contributed by atoms with Gasteiger partial charge in [-0.15, -0.1) is 0 Å². The number of carbonyl (C=O) groups excluding carboxylic acids is 2. The van der Waals surface area contributed by atoms with Crippen LogP contribution < -0.4 is 5.73 Å². The molecule has 2 rings (SSSR count). The second kappa shape index (κ2) is 7.19. The summed E-state index contributed by atoms with van der Waals surface area (Å²) >= 11 is 0. The van der Waals surface area contributed by atoms with Gasteiger partial charge in [-0.25, -0.2) is 0 Å². The second-order valence-corrected chi connectivity index (χ2v) is 5.44. The van der Waals surface area contributed by atoms with Crippen LogP contribution in [-0.4, -0.2) is 39.9 Å². The number of amides is 2. The van der Waals surface area contributed by atoms with E-state index in [-0.39, 0.29) is 17.7 Å². The fraction of sp³-hybridized carbons (Fsp3) is 0.714. The number of hydrogen-bond donors (Lipinski definition) is 1. The van der Waals surface area contributed by atoms with Crippen molar-refractivity contribution in [3.8, 4) is 0 Å². The largest absolute Gasteiger partial charge is 0.369 e. The summed E-state index contributed by atoms with van der Waals surface area (Å²) in [5.74, 6) is 0.647. The van der Waals surface area contributed by atoms with E-state index in [1.165, 1.54) is 0 Å². The lowest BCUT2D eigenvalue weighted by Gasteiger charge is -2.31. The summed E-state index contributed by atoms with van der Waals surface area (Å²) in [7, 11) is 0. The fourth-order valence-electron chi connectivity index (χ4n) is 2.52. The van der Waals surface area contributed by atoms with Crippen LogP contribution in [0.2, 0.25) is 0 Å². The molecule has 21 heavy (non-hydrogen) atoms. The Morgan fingerprint density at radius 1 is 1.43 bits per heavy atom. The summed E-state index contributed by atoms with van der Waals surface area (Å²) in [5, 5.41) is 3.86. The molecule has 2 N–H and O–H groups in total. The van der Waals surface area contributed by atoms with E-state index in [4.69, 9.17) is 10.3 Å². The van der Waals surface area contributed by atoms with Gasteiger partial charge in [0.2, 0.25) is 17.7 Å². The molecule has 0 unspecified atom stereocenters. The average Bonchev–Trinajstić information content (AvgIpc) is 2.93. The van der Waals surface area contributed by atoms with Gasteiger partial charge in [0, 0.05) is 32.4 Å². The van der Waals surface area contributed by atoms with E-state index in [0.29, 0.717) is 37.6 Å². The highest BCUT2D eigenvalue weighted by Gasteiger charge is 2.26. The third-order valence-electron chi connectivity index (χ3n) is 3.71. The van der Waals surface area contributed by atoms with Gasteiger partial charge >= 0.3 is 0 Å². The molecule has 0 bridgehead atoms. The molecule has 1 aliphatic heterocycles. The topological polar surface area (TPSA) is 102 Å². The smallest absolute Gasteiger partial charge is 0.227 e. The Balaban J connectivity index is 1.82. The summed E-state index contributed by atoms with van der Waals surface area (Å²) in [6.45, 7) is 3.16. The Labute approximate surface area is 123 Å². The van der Waals surface area contributed by atoms with Gasteiger partial charge in [-0.05, 0) is 19.3 Å². The zero-order valence-corrected chi connectivity index (χ0v) is 12.4. The van der Waals surface area contributed by atoms with E-state index >= 15 is 0 Å². The molecule has 0 aromatic carbocycles. The first-order chi connectivity index (χ1) is 10.1. The van der Waals surface area contributed by atoms with Crippen LogP contribution in [0.25, 0.3) is 0 Å². The molecule has 0 radical (unpaired) electrons. The van der Waals surface area contributed by atoms with Crippen LogP contribution in [-0.2, 0) is 22.4 Å². The predicted molar refractivity (Wildman–Crippen MR) is 75.1 cm³/mol. The molecule has 0 spiro atoms. The van der Waals surface area contributed by atoms with Crippen LogP contribution in [0.1, 0.15) is 44.3 Å². The summed E-state index contributed by atoms with van der Waals surface area (Å²) in [6, 6.07) is 0. The van der Waals surface area contributed by atoms with Crippen molar-refractivity contribution in [2.75, 3.05) is 13.1 Å². The number of primary amides is 1. The van der Waals surface area contributed by atoms with Gasteiger partial charge in [0.15, 0.2) is 5.82 Å². The highest BCUT2D eigenvalue weighted by Crippen LogP contribution is 2.17. The van der Waals surface area contributed by atoms with E-state index in [2.05, 4.69) is 10.1 Å². The SMILES string of the molecule is CCCc1noc(CCC(=O)N2CCC[C@@H](C(N)=O)C2)n1. The van der Waals surface area contributed by atoms with Crippen molar-refractivity contribution < 1.29 is 14.1 Å². The number of aromatic nitrogens is 2. The van der Waals surface area contributed by atoms with Crippen LogP contribution >= 0.6 is 0 Å². The molecule has 2 amide bonds.